The minimum absolute atomic E-state index is 0.0314. The SMILES string of the molecule is CC1=CC(C)(C)N(C)c2ccc(/C=C3\NC(=O)NC3=O)cc21. The molecule has 0 saturated carbocycles. The van der Waals surface area contributed by atoms with Gasteiger partial charge in [0.15, 0.2) is 0 Å². The number of carbonyl (C=O) groups excluding carboxylic acids is 2. The highest BCUT2D eigenvalue weighted by Crippen LogP contribution is 2.38. The summed E-state index contributed by atoms with van der Waals surface area (Å²) in [5.41, 5.74) is 4.63. The average molecular weight is 297 g/mol. The van der Waals surface area contributed by atoms with Gasteiger partial charge in [0.2, 0.25) is 0 Å². The number of amides is 3. The lowest BCUT2D eigenvalue weighted by atomic mass is 9.88. The van der Waals surface area contributed by atoms with Crippen LogP contribution in [0.3, 0.4) is 0 Å². The number of imide groups is 1. The number of fused-ring (bicyclic) bond motifs is 1. The van der Waals surface area contributed by atoms with Crippen LogP contribution in [0.15, 0.2) is 30.0 Å². The summed E-state index contributed by atoms with van der Waals surface area (Å²) >= 11 is 0. The predicted molar refractivity (Wildman–Crippen MR) is 87.2 cm³/mol. The summed E-state index contributed by atoms with van der Waals surface area (Å²) in [6, 6.07) is 5.56. The molecule has 2 heterocycles. The minimum Gasteiger partial charge on any atom is -0.366 e. The summed E-state index contributed by atoms with van der Waals surface area (Å²) in [6.45, 7) is 6.44. The van der Waals surface area contributed by atoms with Gasteiger partial charge in [0, 0.05) is 18.3 Å². The summed E-state index contributed by atoms with van der Waals surface area (Å²) in [4.78, 5) is 25.0. The van der Waals surface area contributed by atoms with E-state index in [1.807, 2.05) is 12.1 Å². The summed E-state index contributed by atoms with van der Waals surface area (Å²) in [7, 11) is 2.07. The Kier molecular flexibility index (Phi) is 3.09. The van der Waals surface area contributed by atoms with Gasteiger partial charge in [0.25, 0.3) is 5.91 Å². The Morgan fingerprint density at radius 1 is 1.18 bits per heavy atom. The van der Waals surface area contributed by atoms with Crippen molar-refractivity contribution in [1.82, 2.24) is 10.6 Å². The first-order valence-electron chi connectivity index (χ1n) is 7.20. The Morgan fingerprint density at radius 2 is 1.91 bits per heavy atom. The molecule has 0 bridgehead atoms. The highest BCUT2D eigenvalue weighted by Gasteiger charge is 2.28. The van der Waals surface area contributed by atoms with Gasteiger partial charge < -0.3 is 10.2 Å². The van der Waals surface area contributed by atoms with Crippen LogP contribution >= 0.6 is 0 Å². The molecule has 114 valence electrons. The molecule has 2 aliphatic heterocycles. The van der Waals surface area contributed by atoms with Gasteiger partial charge in [-0.15, -0.1) is 0 Å². The fourth-order valence-corrected chi connectivity index (χ4v) is 2.92. The zero-order chi connectivity index (χ0) is 16.1. The van der Waals surface area contributed by atoms with Crippen molar-refractivity contribution in [3.8, 4) is 0 Å². The van der Waals surface area contributed by atoms with Crippen molar-refractivity contribution in [2.24, 2.45) is 0 Å². The molecule has 2 aliphatic rings. The molecular formula is C17H19N3O2. The number of nitrogens with one attached hydrogen (secondary N) is 2. The largest absolute Gasteiger partial charge is 0.366 e. The molecule has 5 nitrogen and oxygen atoms in total. The molecular weight excluding hydrogens is 278 g/mol. The molecule has 0 spiro atoms. The number of urea groups is 1. The lowest BCUT2D eigenvalue weighted by Gasteiger charge is -2.40. The van der Waals surface area contributed by atoms with E-state index in [0.29, 0.717) is 0 Å². The van der Waals surface area contributed by atoms with Crippen molar-refractivity contribution >= 4 is 29.3 Å². The quantitative estimate of drug-likeness (QED) is 0.618. The second kappa shape index (κ2) is 4.73. The van der Waals surface area contributed by atoms with Crippen molar-refractivity contribution in [3.63, 3.8) is 0 Å². The van der Waals surface area contributed by atoms with E-state index in [9.17, 15) is 9.59 Å². The third kappa shape index (κ3) is 2.28. The summed E-state index contributed by atoms with van der Waals surface area (Å²) in [6.07, 6.45) is 3.92. The minimum atomic E-state index is -0.480. The number of hydrogen-bond donors (Lipinski definition) is 2. The van der Waals surface area contributed by atoms with Crippen LogP contribution in [0.25, 0.3) is 11.6 Å². The first-order valence-corrected chi connectivity index (χ1v) is 7.20. The lowest BCUT2D eigenvalue weighted by Crippen LogP contribution is -2.42. The Balaban J connectivity index is 2.02. The van der Waals surface area contributed by atoms with Crippen LogP contribution in [0.2, 0.25) is 0 Å². The van der Waals surface area contributed by atoms with E-state index in [-0.39, 0.29) is 11.2 Å². The number of rotatable bonds is 1. The van der Waals surface area contributed by atoms with Crippen LogP contribution in [0.4, 0.5) is 10.5 Å². The number of nitrogens with zero attached hydrogens (tertiary/aromatic N) is 1. The molecule has 1 aromatic carbocycles. The fraction of sp³-hybridized carbons (Fsp3) is 0.294. The van der Waals surface area contributed by atoms with Gasteiger partial charge in [-0.2, -0.15) is 0 Å². The van der Waals surface area contributed by atoms with Crippen LogP contribution < -0.4 is 15.5 Å². The summed E-state index contributed by atoms with van der Waals surface area (Å²) < 4.78 is 0. The van der Waals surface area contributed by atoms with Crippen molar-refractivity contribution in [2.45, 2.75) is 26.3 Å². The highest BCUT2D eigenvalue weighted by molar-refractivity contribution is 6.14. The van der Waals surface area contributed by atoms with E-state index in [1.54, 1.807) is 6.08 Å². The lowest BCUT2D eigenvalue weighted by molar-refractivity contribution is -0.115. The number of anilines is 1. The monoisotopic (exact) mass is 297 g/mol. The fourth-order valence-electron chi connectivity index (χ4n) is 2.92. The molecule has 5 heteroatoms. The van der Waals surface area contributed by atoms with Gasteiger partial charge >= 0.3 is 6.03 Å². The van der Waals surface area contributed by atoms with Gasteiger partial charge in [-0.05, 0) is 50.1 Å². The number of carbonyl (C=O) groups is 2. The van der Waals surface area contributed by atoms with Crippen molar-refractivity contribution in [3.05, 3.63) is 41.1 Å². The standard InChI is InChI=1S/C17H19N3O2/c1-10-9-17(2,3)20(4)14-6-5-11(7-12(10)14)8-13-15(21)19-16(22)18-13/h5-9H,1-4H3,(H2,18,19,21,22)/b13-8-. The number of allylic oxidation sites excluding steroid dienone is 1. The van der Waals surface area contributed by atoms with E-state index in [4.69, 9.17) is 0 Å². The first kappa shape index (κ1) is 14.4. The highest BCUT2D eigenvalue weighted by atomic mass is 16.2. The zero-order valence-electron chi connectivity index (χ0n) is 13.2. The number of benzene rings is 1. The molecule has 1 fully saturated rings. The molecule has 0 aliphatic carbocycles. The van der Waals surface area contributed by atoms with Crippen LogP contribution in [-0.2, 0) is 4.79 Å². The molecule has 3 amide bonds. The topological polar surface area (TPSA) is 61.4 Å². The second-order valence-corrected chi connectivity index (χ2v) is 6.28. The molecule has 22 heavy (non-hydrogen) atoms. The maximum absolute atomic E-state index is 11.6. The number of hydrogen-bond acceptors (Lipinski definition) is 3. The predicted octanol–water partition coefficient (Wildman–Crippen LogP) is 2.50. The van der Waals surface area contributed by atoms with E-state index in [1.165, 1.54) is 5.57 Å². The van der Waals surface area contributed by atoms with Crippen LogP contribution in [0.5, 0.6) is 0 Å². The summed E-state index contributed by atoms with van der Waals surface area (Å²) in [5, 5.41) is 4.70. The smallest absolute Gasteiger partial charge is 0.326 e. The third-order valence-corrected chi connectivity index (χ3v) is 4.27. The van der Waals surface area contributed by atoms with Crippen molar-refractivity contribution in [2.75, 3.05) is 11.9 Å². The maximum atomic E-state index is 11.6. The zero-order valence-corrected chi connectivity index (χ0v) is 13.2. The Hall–Kier alpha value is -2.56. The average Bonchev–Trinajstić information content (AvgIpc) is 2.74. The van der Waals surface area contributed by atoms with E-state index < -0.39 is 11.9 Å². The van der Waals surface area contributed by atoms with Crippen LogP contribution in [0, 0.1) is 0 Å². The molecule has 2 N–H and O–H groups in total. The van der Waals surface area contributed by atoms with E-state index >= 15 is 0 Å². The molecule has 1 saturated heterocycles. The number of likely N-dealkylation sites (N-methyl/N-ethyl adjacent to an activating group) is 1. The summed E-state index contributed by atoms with van der Waals surface area (Å²) in [5.74, 6) is -0.395. The van der Waals surface area contributed by atoms with E-state index in [2.05, 4.69) is 55.5 Å². The second-order valence-electron chi connectivity index (χ2n) is 6.28. The van der Waals surface area contributed by atoms with Gasteiger partial charge in [-0.1, -0.05) is 12.1 Å². The first-order chi connectivity index (χ1) is 10.3. The Morgan fingerprint density at radius 3 is 2.55 bits per heavy atom. The molecule has 0 unspecified atom stereocenters. The maximum Gasteiger partial charge on any atom is 0.326 e. The molecule has 0 radical (unpaired) electrons. The van der Waals surface area contributed by atoms with Crippen molar-refractivity contribution in [1.29, 1.82) is 0 Å². The molecule has 1 aromatic rings. The van der Waals surface area contributed by atoms with Gasteiger partial charge in [0.1, 0.15) is 5.70 Å². The van der Waals surface area contributed by atoms with Gasteiger partial charge in [0.05, 0.1) is 5.54 Å². The van der Waals surface area contributed by atoms with Crippen molar-refractivity contribution < 1.29 is 9.59 Å². The van der Waals surface area contributed by atoms with Crippen LogP contribution in [-0.4, -0.2) is 24.5 Å². The van der Waals surface area contributed by atoms with E-state index in [0.717, 1.165) is 16.8 Å². The third-order valence-electron chi connectivity index (χ3n) is 4.27. The normalized spacial score (nSPS) is 21.4. The molecule has 0 aromatic heterocycles. The Bertz CT molecular complexity index is 744. The van der Waals surface area contributed by atoms with Gasteiger partial charge in [-0.25, -0.2) is 4.79 Å². The molecule has 3 rings (SSSR count). The Labute approximate surface area is 129 Å². The van der Waals surface area contributed by atoms with Crippen LogP contribution in [0.1, 0.15) is 31.9 Å². The van der Waals surface area contributed by atoms with Gasteiger partial charge in [-0.3, -0.25) is 10.1 Å². The molecule has 0 atom stereocenters.